The van der Waals surface area contributed by atoms with Crippen molar-refractivity contribution < 1.29 is 9.59 Å². The van der Waals surface area contributed by atoms with E-state index in [1.165, 1.54) is 12.5 Å². The van der Waals surface area contributed by atoms with Crippen molar-refractivity contribution in [2.24, 2.45) is 5.92 Å². The summed E-state index contributed by atoms with van der Waals surface area (Å²) in [6, 6.07) is 7.42. The molecule has 2 amide bonds. The third-order valence-electron chi connectivity index (χ3n) is 3.29. The summed E-state index contributed by atoms with van der Waals surface area (Å²) >= 11 is 0. The maximum absolute atomic E-state index is 11.9. The van der Waals surface area contributed by atoms with Crippen molar-refractivity contribution in [1.82, 2.24) is 5.32 Å². The van der Waals surface area contributed by atoms with Crippen LogP contribution in [0.2, 0.25) is 0 Å². The van der Waals surface area contributed by atoms with E-state index in [9.17, 15) is 9.59 Å². The van der Waals surface area contributed by atoms with Gasteiger partial charge in [0.1, 0.15) is 0 Å². The molecule has 0 saturated heterocycles. The first kappa shape index (κ1) is 12.6. The van der Waals surface area contributed by atoms with Gasteiger partial charge in [0.05, 0.1) is 0 Å². The lowest BCUT2D eigenvalue weighted by Gasteiger charge is -2.20. The fourth-order valence-corrected chi connectivity index (χ4v) is 2.27. The summed E-state index contributed by atoms with van der Waals surface area (Å²) in [5.74, 6) is -0.580. The Bertz CT molecular complexity index is 451. The summed E-state index contributed by atoms with van der Waals surface area (Å²) in [6.45, 7) is 0. The molecule has 1 radical (unpaired) electrons. The predicted molar refractivity (Wildman–Crippen MR) is 68.7 cm³/mol. The van der Waals surface area contributed by atoms with E-state index in [4.69, 9.17) is 5.73 Å². The Morgan fingerprint density at radius 1 is 1.22 bits per heavy atom. The van der Waals surface area contributed by atoms with Gasteiger partial charge in [-0.2, -0.15) is 0 Å². The van der Waals surface area contributed by atoms with Gasteiger partial charge < -0.3 is 5.73 Å². The summed E-state index contributed by atoms with van der Waals surface area (Å²) in [5, 5.41) is 2.44. The second-order valence-electron chi connectivity index (χ2n) is 4.71. The van der Waals surface area contributed by atoms with Crippen molar-refractivity contribution in [2.45, 2.75) is 32.1 Å². The summed E-state index contributed by atoms with van der Waals surface area (Å²) < 4.78 is 0. The van der Waals surface area contributed by atoms with Gasteiger partial charge in [-0.25, -0.2) is 0 Å². The fraction of sp³-hybridized carbons (Fsp3) is 0.429. The Kier molecular flexibility index (Phi) is 3.97. The molecule has 1 aromatic rings. The number of carbonyl (C=O) groups excluding carboxylic acids is 2. The van der Waals surface area contributed by atoms with E-state index in [1.54, 1.807) is 12.1 Å². The molecule has 4 heteroatoms. The molecule has 0 aromatic heterocycles. The molecule has 4 nitrogen and oxygen atoms in total. The normalized spacial score (nSPS) is 16.2. The SMILES string of the molecule is Nc1c[c]cc(C(=O)NC(=O)C2CCCCC2)c1. The molecule has 2 rings (SSSR count). The molecule has 1 aliphatic rings. The summed E-state index contributed by atoms with van der Waals surface area (Å²) in [6.07, 6.45) is 5.07. The second kappa shape index (κ2) is 5.67. The molecule has 0 heterocycles. The number of anilines is 1. The highest BCUT2D eigenvalue weighted by atomic mass is 16.2. The quantitative estimate of drug-likeness (QED) is 0.617. The number of nitrogens with one attached hydrogen (secondary N) is 1. The number of rotatable bonds is 2. The second-order valence-corrected chi connectivity index (χ2v) is 4.71. The van der Waals surface area contributed by atoms with E-state index in [1.807, 2.05) is 0 Å². The van der Waals surface area contributed by atoms with Crippen molar-refractivity contribution in [3.05, 3.63) is 29.8 Å². The van der Waals surface area contributed by atoms with Crippen LogP contribution in [0, 0.1) is 12.0 Å². The molecule has 0 bridgehead atoms. The molecule has 3 N–H and O–H groups in total. The molecule has 0 atom stereocenters. The van der Waals surface area contributed by atoms with Crippen LogP contribution in [-0.2, 0) is 4.79 Å². The number of imide groups is 1. The average Bonchev–Trinajstić information content (AvgIpc) is 2.39. The van der Waals surface area contributed by atoms with Gasteiger partial charge in [-0.05, 0) is 37.1 Å². The van der Waals surface area contributed by atoms with Crippen LogP contribution in [0.15, 0.2) is 18.2 Å². The van der Waals surface area contributed by atoms with Gasteiger partial charge in [-0.1, -0.05) is 19.3 Å². The van der Waals surface area contributed by atoms with Gasteiger partial charge in [-0.3, -0.25) is 14.9 Å². The first-order valence-corrected chi connectivity index (χ1v) is 6.28. The summed E-state index contributed by atoms with van der Waals surface area (Å²) in [4.78, 5) is 23.7. The maximum atomic E-state index is 11.9. The molecule has 95 valence electrons. The van der Waals surface area contributed by atoms with E-state index in [2.05, 4.69) is 11.4 Å². The lowest BCUT2D eigenvalue weighted by Crippen LogP contribution is -2.36. The van der Waals surface area contributed by atoms with Crippen LogP contribution in [0.3, 0.4) is 0 Å². The van der Waals surface area contributed by atoms with Gasteiger partial charge in [0.25, 0.3) is 5.91 Å². The molecule has 0 unspecified atom stereocenters. The zero-order chi connectivity index (χ0) is 13.0. The average molecular weight is 245 g/mol. The molecule has 1 saturated carbocycles. The Morgan fingerprint density at radius 2 is 1.94 bits per heavy atom. The number of benzene rings is 1. The number of hydrogen-bond donors (Lipinski definition) is 2. The highest BCUT2D eigenvalue weighted by molar-refractivity contribution is 6.05. The van der Waals surface area contributed by atoms with Gasteiger partial charge >= 0.3 is 0 Å². The van der Waals surface area contributed by atoms with E-state index >= 15 is 0 Å². The van der Waals surface area contributed by atoms with Crippen molar-refractivity contribution in [3.8, 4) is 0 Å². The van der Waals surface area contributed by atoms with Crippen LogP contribution in [-0.4, -0.2) is 11.8 Å². The van der Waals surface area contributed by atoms with Gasteiger partial charge in [0.15, 0.2) is 0 Å². The monoisotopic (exact) mass is 245 g/mol. The first-order valence-electron chi connectivity index (χ1n) is 6.28. The minimum Gasteiger partial charge on any atom is -0.399 e. The molecule has 1 aliphatic carbocycles. The van der Waals surface area contributed by atoms with Crippen LogP contribution < -0.4 is 11.1 Å². The van der Waals surface area contributed by atoms with Crippen molar-refractivity contribution in [1.29, 1.82) is 0 Å². The number of amides is 2. The van der Waals surface area contributed by atoms with Gasteiger partial charge in [0, 0.05) is 17.2 Å². The predicted octanol–water partition coefficient (Wildman–Crippen LogP) is 1.91. The maximum Gasteiger partial charge on any atom is 0.257 e. The summed E-state index contributed by atoms with van der Waals surface area (Å²) in [7, 11) is 0. The zero-order valence-corrected chi connectivity index (χ0v) is 10.2. The number of carbonyl (C=O) groups is 2. The Morgan fingerprint density at radius 3 is 2.61 bits per heavy atom. The highest BCUT2D eigenvalue weighted by Gasteiger charge is 2.22. The Balaban J connectivity index is 1.96. The zero-order valence-electron chi connectivity index (χ0n) is 10.2. The minimum absolute atomic E-state index is 0.0206. The Labute approximate surface area is 107 Å². The molecule has 0 aliphatic heterocycles. The van der Waals surface area contributed by atoms with Crippen molar-refractivity contribution in [3.63, 3.8) is 0 Å². The molecule has 0 spiro atoms. The molecule has 1 fully saturated rings. The third kappa shape index (κ3) is 3.09. The highest BCUT2D eigenvalue weighted by Crippen LogP contribution is 2.23. The standard InChI is InChI=1S/C14H17N2O2/c15-12-8-4-7-11(9-12)14(18)16-13(17)10-5-2-1-3-6-10/h7-10H,1-3,5-6,15H2,(H,16,17,18). The number of hydrogen-bond acceptors (Lipinski definition) is 3. The fourth-order valence-electron chi connectivity index (χ4n) is 2.27. The van der Waals surface area contributed by atoms with Crippen LogP contribution in [0.4, 0.5) is 5.69 Å². The van der Waals surface area contributed by atoms with Gasteiger partial charge in [-0.15, -0.1) is 0 Å². The van der Waals surface area contributed by atoms with Crippen LogP contribution in [0.5, 0.6) is 0 Å². The molecular formula is C14H17N2O2. The minimum atomic E-state index is -0.394. The van der Waals surface area contributed by atoms with E-state index in [0.29, 0.717) is 11.3 Å². The summed E-state index contributed by atoms with van der Waals surface area (Å²) in [5.41, 5.74) is 6.41. The first-order chi connectivity index (χ1) is 8.66. The van der Waals surface area contributed by atoms with Crippen molar-refractivity contribution >= 4 is 17.5 Å². The van der Waals surface area contributed by atoms with Crippen LogP contribution in [0.1, 0.15) is 42.5 Å². The van der Waals surface area contributed by atoms with Crippen LogP contribution in [0.25, 0.3) is 0 Å². The van der Waals surface area contributed by atoms with Gasteiger partial charge in [0.2, 0.25) is 5.91 Å². The Hall–Kier alpha value is -1.84. The molecular weight excluding hydrogens is 228 g/mol. The number of nitrogens with two attached hydrogens (primary N) is 1. The lowest BCUT2D eigenvalue weighted by atomic mass is 9.88. The lowest BCUT2D eigenvalue weighted by molar-refractivity contribution is -0.124. The van der Waals surface area contributed by atoms with Crippen LogP contribution >= 0.6 is 0 Å². The largest absolute Gasteiger partial charge is 0.399 e. The smallest absolute Gasteiger partial charge is 0.257 e. The van der Waals surface area contributed by atoms with Crippen molar-refractivity contribution in [2.75, 3.05) is 5.73 Å². The molecule has 1 aromatic carbocycles. The third-order valence-corrected chi connectivity index (χ3v) is 3.29. The number of nitrogen functional groups attached to an aromatic ring is 1. The molecule has 18 heavy (non-hydrogen) atoms. The van der Waals surface area contributed by atoms with E-state index < -0.39 is 5.91 Å². The van der Waals surface area contributed by atoms with E-state index in [-0.39, 0.29) is 11.8 Å². The topological polar surface area (TPSA) is 72.2 Å². The van der Waals surface area contributed by atoms with E-state index in [0.717, 1.165) is 25.7 Å².